The molecule has 2 rings (SSSR count). The molecule has 0 spiro atoms. The Morgan fingerprint density at radius 2 is 1.57 bits per heavy atom. The van der Waals surface area contributed by atoms with Crippen LogP contribution in [0.1, 0.15) is 63.8 Å². The molecule has 3 nitrogen and oxygen atoms in total. The number of likely N-dealkylation sites (N-methyl/N-ethyl adjacent to an activating group) is 1. The molecule has 168 valence electrons. The molecule has 0 aliphatic rings. The van der Waals surface area contributed by atoms with Gasteiger partial charge in [-0.1, -0.05) is 95.6 Å². The third-order valence-electron chi connectivity index (χ3n) is 3.64. The van der Waals surface area contributed by atoms with Gasteiger partial charge in [-0.3, -0.25) is 0 Å². The van der Waals surface area contributed by atoms with Crippen LogP contribution in [-0.2, 0) is 11.2 Å². The predicted octanol–water partition coefficient (Wildman–Crippen LogP) is 7.50. The maximum absolute atomic E-state index is 10.5. The van der Waals surface area contributed by atoms with E-state index in [0.717, 1.165) is 18.3 Å². The standard InChI is InChI=1S/C12H17N.C9H11NO.2C2H6.C2H4/c1-4-6-11-9-10(3)7-8-12(11)13-5-2;1-10-9(7-11)8-5-3-2-4-6-8;3*1-2/h5,7-9,13H,2,4,6H2,1,3H3;2-7,9-10H,1H3;2*1-2H3;1-2H2. The Hall–Kier alpha value is -2.65. The molecule has 0 aliphatic heterocycles. The van der Waals surface area contributed by atoms with Gasteiger partial charge in [-0.25, -0.2) is 0 Å². The largest absolute Gasteiger partial charge is 0.362 e. The number of nitrogens with one attached hydrogen (secondary N) is 2. The molecule has 2 N–H and O–H groups in total. The molecule has 0 heterocycles. The molecule has 1 unspecified atom stereocenters. The third-order valence-corrected chi connectivity index (χ3v) is 3.64. The van der Waals surface area contributed by atoms with Crippen molar-refractivity contribution >= 4 is 12.0 Å². The molecule has 0 saturated heterocycles. The summed E-state index contributed by atoms with van der Waals surface area (Å²) in [6, 6.07) is 15.9. The van der Waals surface area contributed by atoms with Crippen molar-refractivity contribution in [1.82, 2.24) is 5.32 Å². The maximum Gasteiger partial charge on any atom is 0.141 e. The summed E-state index contributed by atoms with van der Waals surface area (Å²) >= 11 is 0. The van der Waals surface area contributed by atoms with E-state index in [9.17, 15) is 4.79 Å². The monoisotopic (exact) mass is 412 g/mol. The first-order valence-electron chi connectivity index (χ1n) is 10.8. The normalized spacial score (nSPS) is 9.30. The third kappa shape index (κ3) is 14.4. The second-order valence-electron chi connectivity index (χ2n) is 5.57. The van der Waals surface area contributed by atoms with Crippen molar-refractivity contribution in [3.63, 3.8) is 0 Å². The summed E-state index contributed by atoms with van der Waals surface area (Å²) in [6.07, 6.45) is 4.92. The molecule has 0 bridgehead atoms. The van der Waals surface area contributed by atoms with Crippen molar-refractivity contribution in [2.45, 2.75) is 60.4 Å². The Balaban J connectivity index is -0.000000392. The lowest BCUT2D eigenvalue weighted by atomic mass is 10.1. The minimum atomic E-state index is -0.170. The SMILES string of the molecule is C=C.C=CNc1ccc(C)cc1CCC.CC.CC.CNC(C=O)c1ccccc1. The zero-order valence-electron chi connectivity index (χ0n) is 20.3. The van der Waals surface area contributed by atoms with Gasteiger partial charge in [-0.05, 0) is 43.8 Å². The quantitative estimate of drug-likeness (QED) is 0.365. The Labute approximate surface area is 186 Å². The van der Waals surface area contributed by atoms with Crippen LogP contribution in [0.3, 0.4) is 0 Å². The number of hydrogen-bond donors (Lipinski definition) is 2. The fraction of sp³-hybridized carbons (Fsp3) is 0.370. The summed E-state index contributed by atoms with van der Waals surface area (Å²) < 4.78 is 0. The van der Waals surface area contributed by atoms with Gasteiger partial charge < -0.3 is 15.4 Å². The van der Waals surface area contributed by atoms with E-state index >= 15 is 0 Å². The van der Waals surface area contributed by atoms with Crippen LogP contribution in [0.2, 0.25) is 0 Å². The highest BCUT2D eigenvalue weighted by Crippen LogP contribution is 2.18. The number of aryl methyl sites for hydroxylation is 2. The molecule has 2 aromatic rings. The maximum atomic E-state index is 10.5. The summed E-state index contributed by atoms with van der Waals surface area (Å²) in [5.74, 6) is 0. The number of carbonyl (C=O) groups excluding carboxylic acids is 1. The molecule has 0 saturated carbocycles. The van der Waals surface area contributed by atoms with E-state index in [4.69, 9.17) is 0 Å². The Morgan fingerprint density at radius 1 is 1.00 bits per heavy atom. The van der Waals surface area contributed by atoms with Crippen molar-refractivity contribution in [2.24, 2.45) is 0 Å². The molecule has 0 radical (unpaired) electrons. The first-order chi connectivity index (χ1) is 14.7. The first kappa shape index (κ1) is 32.0. The lowest BCUT2D eigenvalue weighted by Crippen LogP contribution is -2.16. The Bertz CT molecular complexity index is 639. The number of aldehydes is 1. The number of rotatable bonds is 7. The van der Waals surface area contributed by atoms with Crippen LogP contribution in [-0.4, -0.2) is 13.3 Å². The van der Waals surface area contributed by atoms with Gasteiger partial charge in [0.15, 0.2) is 0 Å². The van der Waals surface area contributed by atoms with Crippen LogP contribution >= 0.6 is 0 Å². The lowest BCUT2D eigenvalue weighted by Gasteiger charge is -2.09. The summed E-state index contributed by atoms with van der Waals surface area (Å²) in [7, 11) is 1.77. The summed E-state index contributed by atoms with van der Waals surface area (Å²) in [4.78, 5) is 10.5. The number of carbonyl (C=O) groups is 1. The summed E-state index contributed by atoms with van der Waals surface area (Å²) in [5.41, 5.74) is 4.88. The molecule has 3 heteroatoms. The van der Waals surface area contributed by atoms with Crippen molar-refractivity contribution in [3.8, 4) is 0 Å². The predicted molar refractivity (Wildman–Crippen MR) is 137 cm³/mol. The van der Waals surface area contributed by atoms with Crippen LogP contribution < -0.4 is 10.6 Å². The Kier molecular flexibility index (Phi) is 26.0. The minimum Gasteiger partial charge on any atom is -0.362 e. The van der Waals surface area contributed by atoms with Gasteiger partial charge in [0.05, 0.1) is 6.04 Å². The van der Waals surface area contributed by atoms with Gasteiger partial charge in [-0.15, -0.1) is 13.2 Å². The highest BCUT2D eigenvalue weighted by Gasteiger charge is 2.04. The van der Waals surface area contributed by atoms with Crippen LogP contribution in [0.4, 0.5) is 5.69 Å². The average Bonchev–Trinajstić information content (AvgIpc) is 2.82. The van der Waals surface area contributed by atoms with Gasteiger partial charge >= 0.3 is 0 Å². The van der Waals surface area contributed by atoms with Crippen LogP contribution in [0, 0.1) is 6.92 Å². The van der Waals surface area contributed by atoms with Gasteiger partial charge in [0, 0.05) is 5.69 Å². The van der Waals surface area contributed by atoms with Crippen molar-refractivity contribution < 1.29 is 4.79 Å². The topological polar surface area (TPSA) is 41.1 Å². The molecule has 1 atom stereocenters. The summed E-state index contributed by atoms with van der Waals surface area (Å²) in [6.45, 7) is 22.0. The van der Waals surface area contributed by atoms with E-state index in [1.54, 1.807) is 13.2 Å². The molecule has 0 aliphatic carbocycles. The van der Waals surface area contributed by atoms with E-state index in [2.05, 4.69) is 62.4 Å². The molecule has 0 aromatic heterocycles. The zero-order valence-corrected chi connectivity index (χ0v) is 20.3. The molecule has 2 aromatic carbocycles. The average molecular weight is 413 g/mol. The highest BCUT2D eigenvalue weighted by atomic mass is 16.1. The number of hydrogen-bond acceptors (Lipinski definition) is 3. The van der Waals surface area contributed by atoms with E-state index in [-0.39, 0.29) is 6.04 Å². The molecular weight excluding hydrogens is 368 g/mol. The van der Waals surface area contributed by atoms with Gasteiger partial charge in [0.1, 0.15) is 6.29 Å². The molecule has 30 heavy (non-hydrogen) atoms. The fourth-order valence-corrected chi connectivity index (χ4v) is 2.42. The molecular formula is C27H44N2O. The zero-order chi connectivity index (χ0) is 23.8. The summed E-state index contributed by atoms with van der Waals surface area (Å²) in [5, 5.41) is 6.05. The van der Waals surface area contributed by atoms with E-state index in [0.29, 0.717) is 0 Å². The second-order valence-corrected chi connectivity index (χ2v) is 5.57. The fourth-order valence-electron chi connectivity index (χ4n) is 2.42. The van der Waals surface area contributed by atoms with Gasteiger partial charge in [-0.2, -0.15) is 0 Å². The number of anilines is 1. The van der Waals surface area contributed by atoms with Gasteiger partial charge in [0.25, 0.3) is 0 Å². The molecule has 0 amide bonds. The highest BCUT2D eigenvalue weighted by molar-refractivity contribution is 5.61. The van der Waals surface area contributed by atoms with E-state index in [1.165, 1.54) is 23.2 Å². The van der Waals surface area contributed by atoms with Crippen LogP contribution in [0.15, 0.2) is 74.5 Å². The number of benzene rings is 2. The van der Waals surface area contributed by atoms with Crippen LogP contribution in [0.5, 0.6) is 0 Å². The van der Waals surface area contributed by atoms with Gasteiger partial charge in [0.2, 0.25) is 0 Å². The lowest BCUT2D eigenvalue weighted by molar-refractivity contribution is -0.109. The van der Waals surface area contributed by atoms with Crippen LogP contribution in [0.25, 0.3) is 0 Å². The first-order valence-corrected chi connectivity index (χ1v) is 10.8. The van der Waals surface area contributed by atoms with Crippen molar-refractivity contribution in [2.75, 3.05) is 12.4 Å². The minimum absolute atomic E-state index is 0.170. The Morgan fingerprint density at radius 3 is 2.00 bits per heavy atom. The van der Waals surface area contributed by atoms with Crippen molar-refractivity contribution in [3.05, 3.63) is 91.2 Å². The second kappa shape index (κ2) is 24.4. The van der Waals surface area contributed by atoms with E-state index in [1.807, 2.05) is 58.0 Å². The molecule has 0 fully saturated rings. The van der Waals surface area contributed by atoms with Crippen molar-refractivity contribution in [1.29, 1.82) is 0 Å². The smallest absolute Gasteiger partial charge is 0.141 e. The van der Waals surface area contributed by atoms with E-state index < -0.39 is 0 Å².